The normalized spacial score (nSPS) is 30.8. The molecule has 0 radical (unpaired) electrons. The summed E-state index contributed by atoms with van der Waals surface area (Å²) in [5, 5.41) is 0. The largest absolute Gasteiger partial charge is 0.377 e. The Morgan fingerprint density at radius 3 is 2.40 bits per heavy atom. The quantitative estimate of drug-likeness (QED) is 0.736. The first-order valence-electron chi connectivity index (χ1n) is 9.10. The van der Waals surface area contributed by atoms with E-state index in [9.17, 15) is 0 Å². The van der Waals surface area contributed by atoms with Crippen LogP contribution in [0.15, 0.2) is 0 Å². The van der Waals surface area contributed by atoms with Gasteiger partial charge in [0.15, 0.2) is 0 Å². The zero-order valence-corrected chi connectivity index (χ0v) is 13.7. The lowest BCUT2D eigenvalue weighted by Gasteiger charge is -2.54. The summed E-state index contributed by atoms with van der Waals surface area (Å²) in [7, 11) is 0. The van der Waals surface area contributed by atoms with Crippen molar-refractivity contribution in [2.45, 2.75) is 96.6 Å². The standard InChI is InChI=1S/C18H35NO/c1-3-5-10-15(4-2)14-20-17-13-16(19)18(17)11-8-6-7-9-12-18/h15-17H,3-14,19H2,1-2H3. The predicted octanol–water partition coefficient (Wildman–Crippen LogP) is 4.66. The molecule has 3 unspecified atom stereocenters. The van der Waals surface area contributed by atoms with Crippen molar-refractivity contribution in [2.75, 3.05) is 6.61 Å². The monoisotopic (exact) mass is 281 g/mol. The van der Waals surface area contributed by atoms with Crippen LogP contribution in [-0.4, -0.2) is 18.8 Å². The second-order valence-electron chi connectivity index (χ2n) is 7.23. The summed E-state index contributed by atoms with van der Waals surface area (Å²) in [5.41, 5.74) is 6.73. The second kappa shape index (κ2) is 7.79. The van der Waals surface area contributed by atoms with Gasteiger partial charge < -0.3 is 10.5 Å². The molecular formula is C18H35NO. The summed E-state index contributed by atoms with van der Waals surface area (Å²) >= 11 is 0. The Bertz CT molecular complexity index is 271. The van der Waals surface area contributed by atoms with E-state index in [1.165, 1.54) is 64.2 Å². The summed E-state index contributed by atoms with van der Waals surface area (Å²) < 4.78 is 6.37. The van der Waals surface area contributed by atoms with E-state index in [0.29, 0.717) is 17.6 Å². The topological polar surface area (TPSA) is 35.2 Å². The highest BCUT2D eigenvalue weighted by Crippen LogP contribution is 2.51. The average molecular weight is 281 g/mol. The van der Waals surface area contributed by atoms with Gasteiger partial charge in [-0.05, 0) is 31.6 Å². The zero-order chi connectivity index (χ0) is 14.4. The minimum atomic E-state index is 0.347. The fraction of sp³-hybridized carbons (Fsp3) is 1.00. The highest BCUT2D eigenvalue weighted by atomic mass is 16.5. The van der Waals surface area contributed by atoms with E-state index >= 15 is 0 Å². The molecule has 2 heteroatoms. The maximum absolute atomic E-state index is 6.39. The third-order valence-corrected chi connectivity index (χ3v) is 5.96. The molecule has 0 saturated heterocycles. The summed E-state index contributed by atoms with van der Waals surface area (Å²) in [6.07, 6.45) is 14.9. The van der Waals surface area contributed by atoms with Gasteiger partial charge in [0.05, 0.1) is 6.10 Å². The predicted molar refractivity (Wildman–Crippen MR) is 85.8 cm³/mol. The number of ether oxygens (including phenoxy) is 1. The van der Waals surface area contributed by atoms with E-state index in [0.717, 1.165) is 18.9 Å². The van der Waals surface area contributed by atoms with Crippen molar-refractivity contribution in [1.29, 1.82) is 0 Å². The van der Waals surface area contributed by atoms with Crippen LogP contribution >= 0.6 is 0 Å². The molecule has 0 bridgehead atoms. The molecule has 0 heterocycles. The van der Waals surface area contributed by atoms with E-state index in [1.54, 1.807) is 0 Å². The Labute approximate surface area is 125 Å². The van der Waals surface area contributed by atoms with Gasteiger partial charge in [0.1, 0.15) is 0 Å². The van der Waals surface area contributed by atoms with Gasteiger partial charge in [-0.1, -0.05) is 58.8 Å². The smallest absolute Gasteiger partial charge is 0.0661 e. The van der Waals surface area contributed by atoms with Crippen LogP contribution in [0.2, 0.25) is 0 Å². The Balaban J connectivity index is 1.82. The van der Waals surface area contributed by atoms with E-state index in [2.05, 4.69) is 13.8 Å². The van der Waals surface area contributed by atoms with Gasteiger partial charge in [-0.25, -0.2) is 0 Å². The van der Waals surface area contributed by atoms with Gasteiger partial charge in [0, 0.05) is 18.1 Å². The summed E-state index contributed by atoms with van der Waals surface area (Å²) in [4.78, 5) is 0. The average Bonchev–Trinajstić information content (AvgIpc) is 2.74. The molecule has 118 valence electrons. The Kier molecular flexibility index (Phi) is 6.35. The molecular weight excluding hydrogens is 246 g/mol. The molecule has 2 nitrogen and oxygen atoms in total. The number of hydrogen-bond donors (Lipinski definition) is 1. The first-order chi connectivity index (χ1) is 9.73. The van der Waals surface area contributed by atoms with Crippen molar-refractivity contribution < 1.29 is 4.74 Å². The van der Waals surface area contributed by atoms with E-state index < -0.39 is 0 Å². The highest BCUT2D eigenvalue weighted by molar-refractivity contribution is 5.07. The molecule has 1 spiro atoms. The number of hydrogen-bond acceptors (Lipinski definition) is 2. The van der Waals surface area contributed by atoms with Gasteiger partial charge in [0.2, 0.25) is 0 Å². The molecule has 2 aliphatic rings. The maximum atomic E-state index is 6.39. The fourth-order valence-electron chi connectivity index (χ4n) is 4.24. The maximum Gasteiger partial charge on any atom is 0.0661 e. The van der Waals surface area contributed by atoms with E-state index in [1.807, 2.05) is 0 Å². The van der Waals surface area contributed by atoms with E-state index in [4.69, 9.17) is 10.5 Å². The lowest BCUT2D eigenvalue weighted by molar-refractivity contribution is -0.142. The van der Waals surface area contributed by atoms with Crippen LogP contribution in [0.5, 0.6) is 0 Å². The Morgan fingerprint density at radius 1 is 1.15 bits per heavy atom. The van der Waals surface area contributed by atoms with Crippen LogP contribution in [0.25, 0.3) is 0 Å². The van der Waals surface area contributed by atoms with Crippen molar-refractivity contribution in [3.8, 4) is 0 Å². The third kappa shape index (κ3) is 3.57. The van der Waals surface area contributed by atoms with Crippen LogP contribution in [0.4, 0.5) is 0 Å². The minimum absolute atomic E-state index is 0.347. The van der Waals surface area contributed by atoms with Gasteiger partial charge in [-0.3, -0.25) is 0 Å². The molecule has 0 aromatic rings. The van der Waals surface area contributed by atoms with Crippen LogP contribution in [-0.2, 0) is 4.74 Å². The number of unbranched alkanes of at least 4 members (excludes halogenated alkanes) is 1. The van der Waals surface area contributed by atoms with Crippen molar-refractivity contribution in [2.24, 2.45) is 17.1 Å². The molecule has 0 aromatic carbocycles. The minimum Gasteiger partial charge on any atom is -0.377 e. The summed E-state index contributed by atoms with van der Waals surface area (Å²) in [6.45, 7) is 5.55. The molecule has 2 aliphatic carbocycles. The molecule has 2 saturated carbocycles. The SMILES string of the molecule is CCCCC(CC)COC1CC(N)C12CCCCCC2. The van der Waals surface area contributed by atoms with Gasteiger partial charge in [-0.2, -0.15) is 0 Å². The molecule has 3 atom stereocenters. The van der Waals surface area contributed by atoms with Crippen molar-refractivity contribution in [3.05, 3.63) is 0 Å². The van der Waals surface area contributed by atoms with Gasteiger partial charge in [0.25, 0.3) is 0 Å². The summed E-state index contributed by atoms with van der Waals surface area (Å²) in [5.74, 6) is 0.759. The first kappa shape index (κ1) is 16.3. The molecule has 20 heavy (non-hydrogen) atoms. The van der Waals surface area contributed by atoms with Crippen LogP contribution in [0.1, 0.15) is 84.5 Å². The molecule has 0 amide bonds. The molecule has 0 aliphatic heterocycles. The highest BCUT2D eigenvalue weighted by Gasteiger charge is 2.53. The first-order valence-corrected chi connectivity index (χ1v) is 9.10. The van der Waals surface area contributed by atoms with Crippen molar-refractivity contribution in [3.63, 3.8) is 0 Å². The van der Waals surface area contributed by atoms with Crippen molar-refractivity contribution in [1.82, 2.24) is 0 Å². The van der Waals surface area contributed by atoms with Crippen molar-refractivity contribution >= 4 is 0 Å². The third-order valence-electron chi connectivity index (χ3n) is 5.96. The molecule has 2 fully saturated rings. The van der Waals surface area contributed by atoms with Gasteiger partial charge >= 0.3 is 0 Å². The lowest BCUT2D eigenvalue weighted by Crippen LogP contribution is -2.62. The zero-order valence-electron chi connectivity index (χ0n) is 13.7. The summed E-state index contributed by atoms with van der Waals surface area (Å²) in [6, 6.07) is 0.404. The second-order valence-corrected chi connectivity index (χ2v) is 7.23. The Hall–Kier alpha value is -0.0800. The van der Waals surface area contributed by atoms with Gasteiger partial charge in [-0.15, -0.1) is 0 Å². The van der Waals surface area contributed by atoms with E-state index in [-0.39, 0.29) is 0 Å². The Morgan fingerprint density at radius 2 is 1.85 bits per heavy atom. The lowest BCUT2D eigenvalue weighted by atomic mass is 9.58. The number of nitrogens with two attached hydrogens (primary N) is 1. The fourth-order valence-corrected chi connectivity index (χ4v) is 4.24. The van der Waals surface area contributed by atoms with Crippen LogP contribution in [0.3, 0.4) is 0 Å². The van der Waals surface area contributed by atoms with Crippen LogP contribution in [0, 0.1) is 11.3 Å². The molecule has 2 rings (SSSR count). The van der Waals surface area contributed by atoms with Crippen LogP contribution < -0.4 is 5.73 Å². The number of rotatable bonds is 7. The molecule has 2 N–H and O–H groups in total. The molecule has 0 aromatic heterocycles.